The summed E-state index contributed by atoms with van der Waals surface area (Å²) >= 11 is -10.9. The van der Waals surface area contributed by atoms with Gasteiger partial charge in [-0.2, -0.15) is 0 Å². The standard InChI is InChI=1S/2C24H30F2NO2.2C21H32F2NO3.4C5H5.2Ti/c2*1-18(9-8-15-24(2,3)29-4)14-16-27(22-13-12-20(25)17-21(22)26)23(28)19-10-6-5-7-11-19;2*1-5-7-12-26-14-15-27-13-11-24(20(25)21(3,4)10-6-2)19-9-8-17(22)16-18(19)23;4*1-2-4-5-3-1;;/h2*5-7,10-13,18H,8-9,14-16H2,1-4H3;2*8-9H,5-7,10-15H2,1-4H3;4*1-3H,4H2;;. The van der Waals surface area contributed by atoms with E-state index in [1.54, 1.807) is 151 Å². The van der Waals surface area contributed by atoms with Crippen molar-refractivity contribution in [2.45, 2.75) is 237 Å². The van der Waals surface area contributed by atoms with Crippen LogP contribution < -0.4 is 35.1 Å². The first-order chi connectivity index (χ1) is 64.1. The van der Waals surface area contributed by atoms with Crippen molar-refractivity contribution in [3.63, 3.8) is 0 Å². The molecule has 0 spiro atoms. The van der Waals surface area contributed by atoms with Gasteiger partial charge in [-0.25, -0.2) is 0 Å². The van der Waals surface area contributed by atoms with E-state index in [-0.39, 0.29) is 124 Å². The number of anilines is 4. The third kappa shape index (κ3) is 27.2. The number of carbonyl (C=O) groups excluding carboxylic acids is 4. The maximum absolute atomic E-state index is 18.5. The molecule has 134 heavy (non-hydrogen) atoms. The number of amides is 4. The molecule has 0 saturated carbocycles. The Hall–Kier alpha value is -8.25. The fourth-order valence-electron chi connectivity index (χ4n) is 18.6. The van der Waals surface area contributed by atoms with Gasteiger partial charge in [-0.05, 0) is 0 Å². The third-order valence-electron chi connectivity index (χ3n) is 26.6. The fraction of sp³-hybridized carbons (Fsp3) is 0.491. The Morgan fingerprint density at radius 2 is 0.627 bits per heavy atom. The monoisotopic (exact) mass is 1930 g/mol. The first kappa shape index (κ1) is 109. The SMILES string of the molecule is CCCCOCCOCCN(C(=O)C(C)(C)CCC)c1ccc(F)[c]([Ti]([C]2=CC=CC2)([C]2=CC=CC2)[c]2c(F)ccc(N(CCOCCOCCCC)C(=O)C(C)(C)CCC)c2F)c1F.COC(C)(C)CCCC(C)CCN(C(=O)c1ccccc1)c1ccc(F)[c]([Ti]([C]2=CC=CC2)([C]2=CC=CC2)[c]2c(F)ccc(N(CCC(C)CCCC(C)(C)OC)C(=O)c3ccccc3)c2F)c1F. The van der Waals surface area contributed by atoms with Gasteiger partial charge in [0, 0.05) is 14.2 Å². The van der Waals surface area contributed by atoms with E-state index in [4.69, 9.17) is 28.4 Å². The van der Waals surface area contributed by atoms with Gasteiger partial charge in [0.05, 0.1) is 0 Å². The summed E-state index contributed by atoms with van der Waals surface area (Å²) in [5, 5.41) is 0. The molecule has 0 aliphatic heterocycles. The molecule has 2 unspecified atom stereocenters. The van der Waals surface area contributed by atoms with Crippen LogP contribution in [-0.4, -0.2) is 128 Å². The average Bonchev–Trinajstić information content (AvgIpc) is 1.31. The molecule has 4 aliphatic carbocycles. The number of carbonyl (C=O) groups is 4. The molecule has 728 valence electrons. The molecular weight excluding hydrogens is 1780 g/mol. The van der Waals surface area contributed by atoms with E-state index in [0.29, 0.717) is 91.6 Å². The van der Waals surface area contributed by atoms with E-state index in [1.807, 2.05) is 65.8 Å². The van der Waals surface area contributed by atoms with Crippen LogP contribution in [0.2, 0.25) is 0 Å². The Balaban J connectivity index is 0.000000302. The normalized spacial score (nSPS) is 14.4. The summed E-state index contributed by atoms with van der Waals surface area (Å²) in [4.78, 5) is 63.7. The van der Waals surface area contributed by atoms with Crippen LogP contribution in [0, 0.1) is 69.2 Å². The van der Waals surface area contributed by atoms with E-state index in [1.165, 1.54) is 43.9 Å². The Bertz CT molecular complexity index is 4860. The molecule has 4 aliphatic rings. The van der Waals surface area contributed by atoms with Gasteiger partial charge in [-0.15, -0.1) is 0 Å². The molecule has 24 heteroatoms. The molecule has 0 aromatic heterocycles. The van der Waals surface area contributed by atoms with Gasteiger partial charge < -0.3 is 0 Å². The van der Waals surface area contributed by atoms with Gasteiger partial charge in [-0.1, -0.05) is 26.7 Å². The summed E-state index contributed by atoms with van der Waals surface area (Å²) in [6, 6.07) is 26.6. The fourth-order valence-corrected chi connectivity index (χ4v) is 35.1. The number of allylic oxidation sites excluding steroid dienone is 16. The van der Waals surface area contributed by atoms with Crippen LogP contribution in [0.15, 0.2) is 198 Å². The molecule has 0 bridgehead atoms. The van der Waals surface area contributed by atoms with Crippen LogP contribution in [-0.2, 0) is 71.2 Å². The number of hydrogen-bond donors (Lipinski definition) is 0. The van der Waals surface area contributed by atoms with Gasteiger partial charge in [0.2, 0.25) is 0 Å². The van der Waals surface area contributed by atoms with Gasteiger partial charge in [0.1, 0.15) is 0 Å². The molecule has 0 saturated heterocycles. The molecule has 2 atom stereocenters. The summed E-state index contributed by atoms with van der Waals surface area (Å²) in [7, 11) is 3.38. The molecule has 0 heterocycles. The van der Waals surface area contributed by atoms with E-state index in [2.05, 4.69) is 27.7 Å². The minimum atomic E-state index is -5.46. The second kappa shape index (κ2) is 52.0. The number of halogens is 8. The van der Waals surface area contributed by atoms with Crippen molar-refractivity contribution in [1.29, 1.82) is 0 Å². The third-order valence-corrected chi connectivity index (χ3v) is 42.5. The van der Waals surface area contributed by atoms with Gasteiger partial charge in [0.25, 0.3) is 0 Å². The van der Waals surface area contributed by atoms with Crippen molar-refractivity contribution in [3.8, 4) is 0 Å². The van der Waals surface area contributed by atoms with Gasteiger partial charge in [-0.3, -0.25) is 0 Å². The van der Waals surface area contributed by atoms with Crippen molar-refractivity contribution in [1.82, 2.24) is 0 Å². The number of hydrogen-bond acceptors (Lipinski definition) is 10. The average molecular weight is 1930 g/mol. The van der Waals surface area contributed by atoms with E-state index < -0.39 is 130 Å². The van der Waals surface area contributed by atoms with Crippen LogP contribution in [0.1, 0.15) is 246 Å². The van der Waals surface area contributed by atoms with Crippen molar-refractivity contribution in [3.05, 3.63) is 255 Å². The van der Waals surface area contributed by atoms with Crippen molar-refractivity contribution in [2.75, 3.05) is 113 Å². The molecular formula is C110H144F8N4O10Ti2. The Labute approximate surface area is 799 Å². The first-order valence-electron chi connectivity index (χ1n) is 48.3. The Morgan fingerprint density at radius 1 is 0.343 bits per heavy atom. The summed E-state index contributed by atoms with van der Waals surface area (Å²) in [5.74, 6) is -9.48. The number of benzene rings is 6. The molecule has 6 aromatic carbocycles. The zero-order valence-corrected chi connectivity index (χ0v) is 85.1. The molecule has 0 radical (unpaired) electrons. The second-order valence-electron chi connectivity index (χ2n) is 38.3. The summed E-state index contributed by atoms with van der Waals surface area (Å²) in [6.45, 7) is 30.1. The van der Waals surface area contributed by atoms with Gasteiger partial charge >= 0.3 is 764 Å². The van der Waals surface area contributed by atoms with Crippen molar-refractivity contribution < 1.29 is 116 Å². The number of rotatable bonds is 54. The van der Waals surface area contributed by atoms with Crippen LogP contribution in [0.3, 0.4) is 0 Å². The molecule has 0 fully saturated rings. The Kier molecular flexibility index (Phi) is 42.4. The van der Waals surface area contributed by atoms with E-state index in [0.717, 1.165) is 88.5 Å². The predicted octanol–water partition coefficient (Wildman–Crippen LogP) is 24.6. The van der Waals surface area contributed by atoms with Crippen LogP contribution in [0.5, 0.6) is 0 Å². The quantitative estimate of drug-likeness (QED) is 0.0206. The van der Waals surface area contributed by atoms with Gasteiger partial charge in [0.15, 0.2) is 0 Å². The van der Waals surface area contributed by atoms with Crippen LogP contribution in [0.25, 0.3) is 0 Å². The molecule has 0 N–H and O–H groups in total. The summed E-state index contributed by atoms with van der Waals surface area (Å²) in [6.07, 6.45) is 34.4. The number of ether oxygens (including phenoxy) is 6. The van der Waals surface area contributed by atoms with Crippen molar-refractivity contribution >= 4 is 61.9 Å². The topological polar surface area (TPSA) is 137 Å². The summed E-state index contributed by atoms with van der Waals surface area (Å²) < 4.78 is 178. The summed E-state index contributed by atoms with van der Waals surface area (Å²) in [5.41, 5.74) is -2.54. The molecule has 6 aromatic rings. The number of unbranched alkanes of at least 4 members (excludes halogenated alkanes) is 2. The second-order valence-corrected chi connectivity index (χ2v) is 50.1. The first-order valence-corrected chi connectivity index (χ1v) is 54.5. The zero-order valence-electron chi connectivity index (χ0n) is 82.0. The molecule has 4 amide bonds. The van der Waals surface area contributed by atoms with E-state index in [9.17, 15) is 19.2 Å². The Morgan fingerprint density at radius 3 is 0.888 bits per heavy atom. The molecule has 10 rings (SSSR count). The van der Waals surface area contributed by atoms with Crippen LogP contribution in [0.4, 0.5) is 57.9 Å². The van der Waals surface area contributed by atoms with Crippen molar-refractivity contribution in [2.24, 2.45) is 22.7 Å². The van der Waals surface area contributed by atoms with Crippen LogP contribution >= 0.6 is 0 Å². The van der Waals surface area contributed by atoms with E-state index >= 15 is 35.1 Å². The molecule has 14 nitrogen and oxygen atoms in total. The minimum absolute atomic E-state index is 0.0348. The number of methoxy groups -OCH3 is 2. The number of nitrogens with zero attached hydrogens (tertiary/aromatic N) is 4. The maximum atomic E-state index is 18.5. The zero-order chi connectivity index (χ0) is 97.6. The predicted molar refractivity (Wildman–Crippen MR) is 520 cm³/mol.